The van der Waals surface area contributed by atoms with Gasteiger partial charge >= 0.3 is 5.97 Å². The van der Waals surface area contributed by atoms with Crippen molar-refractivity contribution in [2.24, 2.45) is 40.4 Å². The van der Waals surface area contributed by atoms with Crippen LogP contribution in [0.4, 0.5) is 0 Å². The summed E-state index contributed by atoms with van der Waals surface area (Å²) >= 11 is 0. The van der Waals surface area contributed by atoms with Crippen LogP contribution in [0.25, 0.3) is 0 Å². The molecule has 0 aliphatic heterocycles. The topological polar surface area (TPSA) is 86.6 Å². The molecular formula is C25H41NO4. The molecule has 0 aromatic heterocycles. The summed E-state index contributed by atoms with van der Waals surface area (Å²) in [5.41, 5.74) is 0.417. The molecule has 0 aromatic rings. The molecule has 30 heavy (non-hydrogen) atoms. The number of hydrogen-bond acceptors (Lipinski definition) is 3. The molecule has 4 saturated carbocycles. The number of amides is 1. The molecule has 0 heterocycles. The van der Waals surface area contributed by atoms with Crippen LogP contribution in [0.2, 0.25) is 0 Å². The number of rotatable bonds is 6. The number of nitrogens with one attached hydrogen (secondary N) is 1. The van der Waals surface area contributed by atoms with Crippen LogP contribution in [0, 0.1) is 40.4 Å². The van der Waals surface area contributed by atoms with Crippen molar-refractivity contribution < 1.29 is 19.8 Å². The van der Waals surface area contributed by atoms with Gasteiger partial charge in [-0.1, -0.05) is 26.7 Å². The molecule has 0 saturated heterocycles. The normalized spacial score (nSPS) is 45.2. The fourth-order valence-electron chi connectivity index (χ4n) is 8.62. The lowest BCUT2D eigenvalue weighted by Gasteiger charge is -2.62. The van der Waals surface area contributed by atoms with Crippen LogP contribution < -0.4 is 5.32 Å². The highest BCUT2D eigenvalue weighted by atomic mass is 16.4. The highest BCUT2D eigenvalue weighted by molar-refractivity contribution is 5.80. The minimum atomic E-state index is -1.00. The number of aliphatic carboxylic acids is 1. The Hall–Kier alpha value is -1.10. The SMILES string of the molecule is CC12CCCCC1CCC1C2C[C@@H](O)C2(C)C(CCCC(=O)NCC(=O)O)CCC12. The molecule has 170 valence electrons. The van der Waals surface area contributed by atoms with Crippen LogP contribution in [-0.2, 0) is 9.59 Å². The molecule has 5 heteroatoms. The summed E-state index contributed by atoms with van der Waals surface area (Å²) in [6.07, 6.45) is 13.5. The number of carboxylic acid groups (broad SMARTS) is 1. The Bertz CT molecular complexity index is 666. The first-order chi connectivity index (χ1) is 14.3. The standard InChI is InChI=1S/C25H41NO4/c1-24-13-4-3-6-16(24)9-11-18-19-12-10-17(25(19,2)21(27)14-20(18)24)7-5-8-22(28)26-15-23(29)30/h16-21,27H,3-15H2,1-2H3,(H,26,28)(H,29,30)/t16?,17?,18?,19?,20?,21-,24?,25?/m1/s1. The van der Waals surface area contributed by atoms with Crippen LogP contribution in [0.15, 0.2) is 0 Å². The highest BCUT2D eigenvalue weighted by Crippen LogP contribution is 2.67. The maximum absolute atomic E-state index is 11.9. The van der Waals surface area contributed by atoms with Gasteiger partial charge in [0.2, 0.25) is 5.91 Å². The van der Waals surface area contributed by atoms with Gasteiger partial charge in [-0.2, -0.15) is 0 Å². The lowest BCUT2D eigenvalue weighted by Crippen LogP contribution is -2.57. The quantitative estimate of drug-likeness (QED) is 0.596. The molecule has 3 N–H and O–H groups in total. The zero-order valence-corrected chi connectivity index (χ0v) is 18.9. The van der Waals surface area contributed by atoms with Gasteiger partial charge in [0.05, 0.1) is 6.10 Å². The molecule has 4 rings (SSSR count). The van der Waals surface area contributed by atoms with Crippen molar-refractivity contribution in [3.8, 4) is 0 Å². The molecule has 8 atom stereocenters. The summed E-state index contributed by atoms with van der Waals surface area (Å²) in [7, 11) is 0. The molecule has 7 unspecified atom stereocenters. The van der Waals surface area contributed by atoms with E-state index in [0.717, 1.165) is 31.1 Å². The van der Waals surface area contributed by atoms with Crippen LogP contribution in [0.3, 0.4) is 0 Å². The Kier molecular flexibility index (Phi) is 6.22. The molecule has 4 aliphatic carbocycles. The number of aliphatic hydroxyl groups excluding tert-OH is 1. The van der Waals surface area contributed by atoms with E-state index in [9.17, 15) is 14.7 Å². The van der Waals surface area contributed by atoms with Gasteiger partial charge in [-0.15, -0.1) is 0 Å². The number of hydrogen-bond donors (Lipinski definition) is 3. The second-order valence-electron chi connectivity index (χ2n) is 11.4. The van der Waals surface area contributed by atoms with Gasteiger partial charge in [-0.25, -0.2) is 0 Å². The van der Waals surface area contributed by atoms with Crippen molar-refractivity contribution in [1.29, 1.82) is 0 Å². The maximum Gasteiger partial charge on any atom is 0.322 e. The van der Waals surface area contributed by atoms with Gasteiger partial charge in [0, 0.05) is 6.42 Å². The number of carbonyl (C=O) groups excluding carboxylic acids is 1. The molecule has 0 aromatic carbocycles. The van der Waals surface area contributed by atoms with Gasteiger partial charge in [0.25, 0.3) is 0 Å². The molecule has 4 aliphatic rings. The minimum absolute atomic E-state index is 0.0173. The van der Waals surface area contributed by atoms with E-state index in [2.05, 4.69) is 19.2 Å². The van der Waals surface area contributed by atoms with Crippen molar-refractivity contribution in [3.05, 3.63) is 0 Å². The monoisotopic (exact) mass is 419 g/mol. The summed E-state index contributed by atoms with van der Waals surface area (Å²) in [5, 5.41) is 22.6. The van der Waals surface area contributed by atoms with Crippen LogP contribution in [0.1, 0.15) is 90.9 Å². The Morgan fingerprint density at radius 3 is 2.60 bits per heavy atom. The molecule has 0 spiro atoms. The van der Waals surface area contributed by atoms with Crippen LogP contribution in [-0.4, -0.2) is 34.7 Å². The van der Waals surface area contributed by atoms with E-state index in [1.54, 1.807) is 0 Å². The molecule has 0 bridgehead atoms. The zero-order chi connectivity index (χ0) is 21.5. The average molecular weight is 420 g/mol. The van der Waals surface area contributed by atoms with Crippen molar-refractivity contribution in [3.63, 3.8) is 0 Å². The van der Waals surface area contributed by atoms with Gasteiger partial charge in [-0.3, -0.25) is 9.59 Å². The molecule has 0 radical (unpaired) electrons. The summed E-state index contributed by atoms with van der Waals surface area (Å²) in [5.74, 6) is 2.23. The number of carboxylic acids is 1. The molecule has 1 amide bonds. The highest BCUT2D eigenvalue weighted by Gasteiger charge is 2.62. The molecular weight excluding hydrogens is 378 g/mol. The smallest absolute Gasteiger partial charge is 0.322 e. The summed E-state index contributed by atoms with van der Waals surface area (Å²) in [6.45, 7) is 4.59. The third kappa shape index (κ3) is 3.69. The lowest BCUT2D eigenvalue weighted by atomic mass is 9.44. The van der Waals surface area contributed by atoms with Crippen molar-refractivity contribution >= 4 is 11.9 Å². The maximum atomic E-state index is 11.9. The Balaban J connectivity index is 1.40. The van der Waals surface area contributed by atoms with E-state index < -0.39 is 5.97 Å². The van der Waals surface area contributed by atoms with Gasteiger partial charge in [0.15, 0.2) is 0 Å². The van der Waals surface area contributed by atoms with E-state index in [4.69, 9.17) is 5.11 Å². The predicted molar refractivity (Wildman–Crippen MR) is 116 cm³/mol. The van der Waals surface area contributed by atoms with E-state index in [-0.39, 0.29) is 24.0 Å². The fraction of sp³-hybridized carbons (Fsp3) is 0.920. The van der Waals surface area contributed by atoms with Crippen LogP contribution >= 0.6 is 0 Å². The van der Waals surface area contributed by atoms with Crippen LogP contribution in [0.5, 0.6) is 0 Å². The first kappa shape index (κ1) is 22.1. The average Bonchev–Trinajstić information content (AvgIpc) is 3.05. The van der Waals surface area contributed by atoms with Crippen molar-refractivity contribution in [1.82, 2.24) is 5.32 Å². The first-order valence-electron chi connectivity index (χ1n) is 12.4. The second-order valence-corrected chi connectivity index (χ2v) is 11.4. The largest absolute Gasteiger partial charge is 0.480 e. The lowest BCUT2D eigenvalue weighted by molar-refractivity contribution is -0.164. The predicted octanol–water partition coefficient (Wildman–Crippen LogP) is 4.38. The fourth-order valence-corrected chi connectivity index (χ4v) is 8.62. The minimum Gasteiger partial charge on any atom is -0.480 e. The van der Waals surface area contributed by atoms with E-state index in [0.29, 0.717) is 29.6 Å². The van der Waals surface area contributed by atoms with E-state index in [1.807, 2.05) is 0 Å². The van der Waals surface area contributed by atoms with Gasteiger partial charge in [-0.05, 0) is 98.2 Å². The number of carbonyl (C=O) groups is 2. The second kappa shape index (κ2) is 8.44. The van der Waals surface area contributed by atoms with Crippen molar-refractivity contribution in [2.45, 2.75) is 97.0 Å². The first-order valence-corrected chi connectivity index (χ1v) is 12.4. The summed E-state index contributed by atoms with van der Waals surface area (Å²) in [4.78, 5) is 22.5. The van der Waals surface area contributed by atoms with E-state index in [1.165, 1.54) is 51.4 Å². The van der Waals surface area contributed by atoms with Gasteiger partial charge < -0.3 is 15.5 Å². The third-order valence-electron chi connectivity index (χ3n) is 10.3. The number of aliphatic hydroxyl groups is 1. The zero-order valence-electron chi connectivity index (χ0n) is 18.9. The number of fused-ring (bicyclic) bond motifs is 5. The summed E-state index contributed by atoms with van der Waals surface area (Å²) in [6, 6.07) is 0. The Labute approximate surface area is 181 Å². The summed E-state index contributed by atoms with van der Waals surface area (Å²) < 4.78 is 0. The van der Waals surface area contributed by atoms with E-state index >= 15 is 0 Å². The van der Waals surface area contributed by atoms with Crippen molar-refractivity contribution in [2.75, 3.05) is 6.54 Å². The molecule has 4 fully saturated rings. The van der Waals surface area contributed by atoms with Gasteiger partial charge in [0.1, 0.15) is 6.54 Å². The molecule has 5 nitrogen and oxygen atoms in total. The Morgan fingerprint density at radius 2 is 1.83 bits per heavy atom. The Morgan fingerprint density at radius 1 is 1.03 bits per heavy atom. The third-order valence-corrected chi connectivity index (χ3v) is 10.3.